The number of likely N-dealkylation sites (tertiary alicyclic amines) is 1. The van der Waals surface area contributed by atoms with E-state index in [1.54, 1.807) is 0 Å². The third kappa shape index (κ3) is 6.73. The molecular formula is C35H44ClN3O2Si. The lowest BCUT2D eigenvalue weighted by molar-refractivity contribution is 0.134. The minimum Gasteiger partial charge on any atom is -0.416 e. The van der Waals surface area contributed by atoms with Gasteiger partial charge < -0.3 is 9.33 Å². The number of aryl methyl sites for hydroxylation is 1. The average molecular weight is 602 g/mol. The molecule has 5 rings (SSSR count). The highest BCUT2D eigenvalue weighted by molar-refractivity contribution is 6.74. The standard InChI is InChI=1S/C35H44ClN3O2Si/c1-25-10-7-8-12-30(25)33-37-32-18-15-28(27-13-16-29(36)17-14-27)22-31(32)34(40)39(33)24-26-11-9-19-38(23-26)20-21-41-42(5,6)35(2,3)4/h7-8,10,12-18,22,26H,9,11,19-21,23-24H2,1-6H3. The van der Waals surface area contributed by atoms with E-state index in [2.05, 4.69) is 57.8 Å². The number of hydrogen-bond acceptors (Lipinski definition) is 4. The predicted molar refractivity (Wildman–Crippen MR) is 179 cm³/mol. The van der Waals surface area contributed by atoms with Gasteiger partial charge in [-0.05, 0) is 91.3 Å². The Kier molecular flexibility index (Phi) is 9.09. The van der Waals surface area contributed by atoms with Crippen molar-refractivity contribution < 1.29 is 4.43 Å². The van der Waals surface area contributed by atoms with Gasteiger partial charge in [-0.3, -0.25) is 9.36 Å². The third-order valence-corrected chi connectivity index (χ3v) is 14.0. The number of rotatable bonds is 8. The number of benzene rings is 3. The van der Waals surface area contributed by atoms with Crippen molar-refractivity contribution in [3.8, 4) is 22.5 Å². The molecule has 5 nitrogen and oxygen atoms in total. The summed E-state index contributed by atoms with van der Waals surface area (Å²) in [6, 6.07) is 21.9. The molecule has 0 saturated carbocycles. The van der Waals surface area contributed by atoms with E-state index in [0.29, 0.717) is 22.9 Å². The Labute approximate surface area is 256 Å². The molecule has 0 aliphatic carbocycles. The lowest BCUT2D eigenvalue weighted by Gasteiger charge is -2.38. The summed E-state index contributed by atoms with van der Waals surface area (Å²) in [5.41, 5.74) is 4.88. The highest BCUT2D eigenvalue weighted by atomic mass is 35.5. The van der Waals surface area contributed by atoms with Crippen LogP contribution in [0.5, 0.6) is 0 Å². The lowest BCUT2D eigenvalue weighted by atomic mass is 9.97. The minimum absolute atomic E-state index is 0.0208. The molecule has 0 radical (unpaired) electrons. The zero-order valence-corrected chi connectivity index (χ0v) is 27.7. The zero-order chi connectivity index (χ0) is 30.1. The van der Waals surface area contributed by atoms with Gasteiger partial charge >= 0.3 is 0 Å². The molecule has 222 valence electrons. The summed E-state index contributed by atoms with van der Waals surface area (Å²) in [4.78, 5) is 21.9. The van der Waals surface area contributed by atoms with Gasteiger partial charge in [0.2, 0.25) is 0 Å². The Morgan fingerprint density at radius 3 is 2.45 bits per heavy atom. The van der Waals surface area contributed by atoms with Crippen LogP contribution >= 0.6 is 11.6 Å². The van der Waals surface area contributed by atoms with Crippen molar-refractivity contribution in [1.82, 2.24) is 14.5 Å². The fourth-order valence-corrected chi connectivity index (χ4v) is 6.81. The second-order valence-corrected chi connectivity index (χ2v) is 18.6. The summed E-state index contributed by atoms with van der Waals surface area (Å²) in [5.74, 6) is 1.12. The highest BCUT2D eigenvalue weighted by Gasteiger charge is 2.37. The van der Waals surface area contributed by atoms with E-state index in [1.165, 1.54) is 0 Å². The summed E-state index contributed by atoms with van der Waals surface area (Å²) >= 11 is 6.13. The molecule has 1 saturated heterocycles. The molecule has 0 spiro atoms. The smallest absolute Gasteiger partial charge is 0.261 e. The predicted octanol–water partition coefficient (Wildman–Crippen LogP) is 8.43. The Bertz CT molecular complexity index is 1610. The molecule has 1 aromatic heterocycles. The van der Waals surface area contributed by atoms with Crippen LogP contribution in [0.2, 0.25) is 23.2 Å². The topological polar surface area (TPSA) is 47.4 Å². The maximum Gasteiger partial charge on any atom is 0.261 e. The van der Waals surface area contributed by atoms with E-state index in [1.807, 2.05) is 59.2 Å². The highest BCUT2D eigenvalue weighted by Crippen LogP contribution is 2.36. The van der Waals surface area contributed by atoms with Crippen molar-refractivity contribution in [2.24, 2.45) is 5.92 Å². The molecule has 42 heavy (non-hydrogen) atoms. The van der Waals surface area contributed by atoms with Gasteiger partial charge in [0.05, 0.1) is 10.9 Å². The summed E-state index contributed by atoms with van der Waals surface area (Å²) in [5, 5.41) is 1.55. The number of aromatic nitrogens is 2. The molecule has 1 atom stereocenters. The molecule has 2 heterocycles. The largest absolute Gasteiger partial charge is 0.416 e. The molecule has 0 bridgehead atoms. The van der Waals surface area contributed by atoms with Crippen LogP contribution in [0.25, 0.3) is 33.4 Å². The first-order valence-corrected chi connectivity index (χ1v) is 18.4. The van der Waals surface area contributed by atoms with E-state index in [-0.39, 0.29) is 10.6 Å². The van der Waals surface area contributed by atoms with Crippen LogP contribution in [0.1, 0.15) is 39.2 Å². The van der Waals surface area contributed by atoms with E-state index in [0.717, 1.165) is 72.7 Å². The summed E-state index contributed by atoms with van der Waals surface area (Å²) < 4.78 is 8.43. The average Bonchev–Trinajstić information content (AvgIpc) is 2.95. The third-order valence-electron chi connectivity index (χ3n) is 9.24. The van der Waals surface area contributed by atoms with Crippen molar-refractivity contribution in [2.45, 2.75) is 65.2 Å². The monoisotopic (exact) mass is 601 g/mol. The van der Waals surface area contributed by atoms with Gasteiger partial charge in [-0.2, -0.15) is 0 Å². The van der Waals surface area contributed by atoms with Crippen molar-refractivity contribution in [2.75, 3.05) is 26.2 Å². The summed E-state index contributed by atoms with van der Waals surface area (Å²) in [7, 11) is -1.77. The fraction of sp³-hybridized carbons (Fsp3) is 0.429. The molecular weight excluding hydrogens is 558 g/mol. The molecule has 1 aliphatic rings. The van der Waals surface area contributed by atoms with E-state index in [4.69, 9.17) is 21.0 Å². The Balaban J connectivity index is 1.45. The number of halogens is 1. The Morgan fingerprint density at radius 2 is 1.74 bits per heavy atom. The van der Waals surface area contributed by atoms with Crippen LogP contribution in [0.15, 0.2) is 71.5 Å². The number of hydrogen-bond donors (Lipinski definition) is 0. The molecule has 0 N–H and O–H groups in total. The summed E-state index contributed by atoms with van der Waals surface area (Å²) in [6.07, 6.45) is 2.23. The van der Waals surface area contributed by atoms with Gasteiger partial charge in [-0.15, -0.1) is 0 Å². The van der Waals surface area contributed by atoms with E-state index < -0.39 is 8.32 Å². The van der Waals surface area contributed by atoms with Crippen LogP contribution < -0.4 is 5.56 Å². The quantitative estimate of drug-likeness (QED) is 0.190. The van der Waals surface area contributed by atoms with Gasteiger partial charge in [-0.25, -0.2) is 4.98 Å². The van der Waals surface area contributed by atoms with Crippen molar-refractivity contribution in [3.63, 3.8) is 0 Å². The van der Waals surface area contributed by atoms with Gasteiger partial charge in [0.1, 0.15) is 5.82 Å². The van der Waals surface area contributed by atoms with Crippen LogP contribution in [0, 0.1) is 12.8 Å². The molecule has 7 heteroatoms. The van der Waals surface area contributed by atoms with Gasteiger partial charge in [0.15, 0.2) is 8.32 Å². The Morgan fingerprint density at radius 1 is 1.02 bits per heavy atom. The second kappa shape index (κ2) is 12.5. The summed E-state index contributed by atoms with van der Waals surface area (Å²) in [6.45, 7) is 18.0. The van der Waals surface area contributed by atoms with E-state index >= 15 is 0 Å². The molecule has 1 fully saturated rings. The normalized spacial score (nSPS) is 16.7. The zero-order valence-electron chi connectivity index (χ0n) is 25.9. The molecule has 1 aliphatic heterocycles. The van der Waals surface area contributed by atoms with Crippen molar-refractivity contribution >= 4 is 30.8 Å². The minimum atomic E-state index is -1.77. The first kappa shape index (κ1) is 30.7. The Hall–Kier alpha value is -2.77. The van der Waals surface area contributed by atoms with Gasteiger partial charge in [0.25, 0.3) is 5.56 Å². The molecule has 0 amide bonds. The second-order valence-electron chi connectivity index (χ2n) is 13.3. The first-order valence-electron chi connectivity index (χ1n) is 15.2. The van der Waals surface area contributed by atoms with Crippen molar-refractivity contribution in [1.29, 1.82) is 0 Å². The SMILES string of the molecule is Cc1ccccc1-c1nc2ccc(-c3ccc(Cl)cc3)cc2c(=O)n1CC1CCCN(CCO[Si](C)(C)C(C)(C)C)C1. The van der Waals surface area contributed by atoms with Crippen LogP contribution in [-0.2, 0) is 11.0 Å². The molecule has 1 unspecified atom stereocenters. The van der Waals surface area contributed by atoms with Gasteiger partial charge in [0, 0.05) is 36.8 Å². The van der Waals surface area contributed by atoms with Crippen molar-refractivity contribution in [3.05, 3.63) is 87.7 Å². The van der Waals surface area contributed by atoms with Crippen LogP contribution in [0.3, 0.4) is 0 Å². The fourth-order valence-electron chi connectivity index (χ4n) is 5.65. The number of nitrogens with zero attached hydrogens (tertiary/aromatic N) is 3. The maximum absolute atomic E-state index is 14.3. The number of fused-ring (bicyclic) bond motifs is 1. The van der Waals surface area contributed by atoms with Crippen LogP contribution in [-0.4, -0.2) is 49.0 Å². The maximum atomic E-state index is 14.3. The van der Waals surface area contributed by atoms with Gasteiger partial charge in [-0.1, -0.05) is 74.8 Å². The first-order chi connectivity index (χ1) is 19.9. The molecule has 3 aromatic carbocycles. The lowest BCUT2D eigenvalue weighted by Crippen LogP contribution is -2.44. The number of piperidine rings is 1. The van der Waals surface area contributed by atoms with E-state index in [9.17, 15) is 4.79 Å². The molecule has 4 aromatic rings. The van der Waals surface area contributed by atoms with Crippen LogP contribution in [0.4, 0.5) is 0 Å².